The van der Waals surface area contributed by atoms with Crippen LogP contribution in [-0.4, -0.2) is 22.3 Å². The highest BCUT2D eigenvalue weighted by molar-refractivity contribution is 5.85. The fraction of sp³-hybridized carbons (Fsp3) is 0.188. The zero-order valence-corrected chi connectivity index (χ0v) is 12.1. The largest absolute Gasteiger partial charge is 0.478 e. The number of hydrogen-bond acceptors (Lipinski definition) is 2. The Balaban J connectivity index is 2.34. The average molecular weight is 307 g/mol. The van der Waals surface area contributed by atoms with Crippen LogP contribution in [0.25, 0.3) is 11.8 Å². The summed E-state index contributed by atoms with van der Waals surface area (Å²) in [4.78, 5) is 10.6. The lowest BCUT2D eigenvalue weighted by molar-refractivity contribution is -0.131. The topological polar surface area (TPSA) is 51.5 Å². The molecule has 0 bridgehead atoms. The minimum Gasteiger partial charge on any atom is -0.478 e. The molecule has 0 aliphatic rings. The number of aromatic nitrogens is 1. The molecule has 4 nitrogen and oxygen atoms in total. The minimum absolute atomic E-state index is 0.0900. The van der Waals surface area contributed by atoms with Crippen molar-refractivity contribution in [3.05, 3.63) is 53.4 Å². The minimum atomic E-state index is -2.85. The van der Waals surface area contributed by atoms with E-state index in [2.05, 4.69) is 4.74 Å². The molecular weight excluding hydrogens is 292 g/mol. The summed E-state index contributed by atoms with van der Waals surface area (Å²) in [6, 6.07) is 8.13. The number of alkyl halides is 2. The number of carbonyl (C=O) groups is 1. The molecule has 0 saturated carbocycles. The molecule has 0 unspecified atom stereocenters. The predicted octanol–water partition coefficient (Wildman–Crippen LogP) is 3.79. The third-order valence-corrected chi connectivity index (χ3v) is 3.20. The second kappa shape index (κ2) is 6.43. The van der Waals surface area contributed by atoms with Crippen molar-refractivity contribution in [1.29, 1.82) is 0 Å². The molecule has 0 saturated heterocycles. The van der Waals surface area contributed by atoms with Crippen molar-refractivity contribution < 1.29 is 23.4 Å². The fourth-order valence-corrected chi connectivity index (χ4v) is 2.29. The standard InChI is InChI=1S/C16H15F2NO3/c1-10-9-12(3-8-15(20)21)11(2)19(10)13-4-6-14(7-5-13)22-16(17)18/h3-9,16H,1-2H3,(H,20,21). The van der Waals surface area contributed by atoms with Crippen molar-refractivity contribution in [1.82, 2.24) is 4.57 Å². The van der Waals surface area contributed by atoms with Gasteiger partial charge in [-0.15, -0.1) is 0 Å². The van der Waals surface area contributed by atoms with E-state index in [1.54, 1.807) is 12.1 Å². The van der Waals surface area contributed by atoms with Crippen molar-refractivity contribution in [2.45, 2.75) is 20.5 Å². The van der Waals surface area contributed by atoms with E-state index >= 15 is 0 Å². The van der Waals surface area contributed by atoms with Gasteiger partial charge < -0.3 is 14.4 Å². The Morgan fingerprint density at radius 1 is 1.27 bits per heavy atom. The molecule has 2 rings (SSSR count). The molecule has 6 heteroatoms. The molecule has 0 atom stereocenters. The highest BCUT2D eigenvalue weighted by Gasteiger charge is 2.10. The zero-order chi connectivity index (χ0) is 16.3. The van der Waals surface area contributed by atoms with Gasteiger partial charge in [0.15, 0.2) is 0 Å². The predicted molar refractivity (Wildman–Crippen MR) is 78.5 cm³/mol. The van der Waals surface area contributed by atoms with E-state index in [0.717, 1.165) is 28.7 Å². The molecule has 1 N–H and O–H groups in total. The molecular formula is C16H15F2NO3. The number of nitrogens with zero attached hydrogens (tertiary/aromatic N) is 1. The highest BCUT2D eigenvalue weighted by Crippen LogP contribution is 2.24. The molecule has 1 aromatic carbocycles. The number of halogens is 2. The average Bonchev–Trinajstić information content (AvgIpc) is 2.72. The lowest BCUT2D eigenvalue weighted by Crippen LogP contribution is -2.03. The number of carboxylic acids is 1. The van der Waals surface area contributed by atoms with Crippen LogP contribution in [-0.2, 0) is 4.79 Å². The fourth-order valence-electron chi connectivity index (χ4n) is 2.29. The number of benzene rings is 1. The van der Waals surface area contributed by atoms with Crippen molar-refractivity contribution in [3.63, 3.8) is 0 Å². The Morgan fingerprint density at radius 2 is 1.91 bits per heavy atom. The molecule has 0 aliphatic carbocycles. The summed E-state index contributed by atoms with van der Waals surface area (Å²) in [7, 11) is 0. The smallest absolute Gasteiger partial charge is 0.387 e. The van der Waals surface area contributed by atoms with Crippen molar-refractivity contribution in [3.8, 4) is 11.4 Å². The lowest BCUT2D eigenvalue weighted by atomic mass is 10.2. The van der Waals surface area contributed by atoms with E-state index < -0.39 is 12.6 Å². The van der Waals surface area contributed by atoms with Crippen LogP contribution in [0.1, 0.15) is 17.0 Å². The first-order valence-corrected chi connectivity index (χ1v) is 6.53. The molecule has 22 heavy (non-hydrogen) atoms. The van der Waals surface area contributed by atoms with Gasteiger partial charge >= 0.3 is 12.6 Å². The van der Waals surface area contributed by atoms with E-state index in [0.29, 0.717) is 0 Å². The van der Waals surface area contributed by atoms with Gasteiger partial charge in [0, 0.05) is 23.2 Å². The second-order valence-corrected chi connectivity index (χ2v) is 4.71. The van der Waals surface area contributed by atoms with E-state index in [4.69, 9.17) is 5.11 Å². The maximum atomic E-state index is 12.1. The number of carboxylic acid groups (broad SMARTS) is 1. The van der Waals surface area contributed by atoms with Crippen LogP contribution < -0.4 is 4.74 Å². The maximum Gasteiger partial charge on any atom is 0.387 e. The third-order valence-electron chi connectivity index (χ3n) is 3.20. The van der Waals surface area contributed by atoms with Crippen molar-refractivity contribution in [2.24, 2.45) is 0 Å². The number of rotatable bonds is 5. The van der Waals surface area contributed by atoms with Gasteiger partial charge in [-0.25, -0.2) is 4.79 Å². The molecule has 0 radical (unpaired) electrons. The van der Waals surface area contributed by atoms with E-state index in [1.807, 2.05) is 24.5 Å². The first-order valence-electron chi connectivity index (χ1n) is 6.53. The summed E-state index contributed by atoms with van der Waals surface area (Å²) in [5.74, 6) is -0.925. The van der Waals surface area contributed by atoms with Gasteiger partial charge in [0.05, 0.1) is 0 Å². The van der Waals surface area contributed by atoms with Crippen LogP contribution in [0.5, 0.6) is 5.75 Å². The Morgan fingerprint density at radius 3 is 2.45 bits per heavy atom. The Kier molecular flexibility index (Phi) is 4.60. The third kappa shape index (κ3) is 3.52. The van der Waals surface area contributed by atoms with Crippen LogP contribution in [0.4, 0.5) is 8.78 Å². The van der Waals surface area contributed by atoms with Gasteiger partial charge in [0.1, 0.15) is 5.75 Å². The zero-order valence-electron chi connectivity index (χ0n) is 12.1. The van der Waals surface area contributed by atoms with E-state index in [-0.39, 0.29) is 5.75 Å². The van der Waals surface area contributed by atoms with Crippen LogP contribution in [0.15, 0.2) is 36.4 Å². The van der Waals surface area contributed by atoms with Gasteiger partial charge in [0.25, 0.3) is 0 Å². The Bertz CT molecular complexity index is 703. The summed E-state index contributed by atoms with van der Waals surface area (Å²) >= 11 is 0. The molecule has 0 aliphatic heterocycles. The number of aryl methyl sites for hydroxylation is 1. The maximum absolute atomic E-state index is 12.1. The normalized spacial score (nSPS) is 11.3. The summed E-state index contributed by atoms with van der Waals surface area (Å²) in [6.07, 6.45) is 2.60. The molecule has 1 heterocycles. The van der Waals surface area contributed by atoms with Gasteiger partial charge in [-0.3, -0.25) is 0 Å². The number of aliphatic carboxylic acids is 1. The molecule has 1 aromatic heterocycles. The summed E-state index contributed by atoms with van der Waals surface area (Å²) in [5.41, 5.74) is 3.34. The van der Waals surface area contributed by atoms with Crippen LogP contribution >= 0.6 is 0 Å². The monoisotopic (exact) mass is 307 g/mol. The van der Waals surface area contributed by atoms with Gasteiger partial charge in [-0.05, 0) is 55.8 Å². The highest BCUT2D eigenvalue weighted by atomic mass is 19.3. The van der Waals surface area contributed by atoms with Crippen LogP contribution in [0.3, 0.4) is 0 Å². The van der Waals surface area contributed by atoms with Gasteiger partial charge in [0.2, 0.25) is 0 Å². The quantitative estimate of drug-likeness (QED) is 0.855. The first kappa shape index (κ1) is 15.8. The number of hydrogen-bond donors (Lipinski definition) is 1. The SMILES string of the molecule is Cc1cc(C=CC(=O)O)c(C)n1-c1ccc(OC(F)F)cc1. The van der Waals surface area contributed by atoms with Gasteiger partial charge in [-0.2, -0.15) is 8.78 Å². The lowest BCUT2D eigenvalue weighted by Gasteiger charge is -2.11. The molecule has 116 valence electrons. The van der Waals surface area contributed by atoms with Crippen molar-refractivity contribution in [2.75, 3.05) is 0 Å². The molecule has 0 fully saturated rings. The molecule has 0 amide bonds. The first-order chi connectivity index (χ1) is 10.4. The Labute approximate surface area is 126 Å². The van der Waals surface area contributed by atoms with E-state index in [9.17, 15) is 13.6 Å². The summed E-state index contributed by atoms with van der Waals surface area (Å²) in [5, 5.41) is 8.69. The van der Waals surface area contributed by atoms with Crippen LogP contribution in [0, 0.1) is 13.8 Å². The molecule has 2 aromatic rings. The number of ether oxygens (including phenoxy) is 1. The molecule has 0 spiro atoms. The van der Waals surface area contributed by atoms with Crippen molar-refractivity contribution >= 4 is 12.0 Å². The van der Waals surface area contributed by atoms with Crippen LogP contribution in [0.2, 0.25) is 0 Å². The second-order valence-electron chi connectivity index (χ2n) is 4.71. The Hall–Kier alpha value is -2.63. The summed E-state index contributed by atoms with van der Waals surface area (Å²) in [6.45, 7) is 0.890. The van der Waals surface area contributed by atoms with Gasteiger partial charge in [-0.1, -0.05) is 0 Å². The van der Waals surface area contributed by atoms with E-state index in [1.165, 1.54) is 18.2 Å². The summed E-state index contributed by atoms with van der Waals surface area (Å²) < 4.78 is 30.5.